The molecular weight excluding hydrogens is 292 g/mol. The van der Waals surface area contributed by atoms with Crippen molar-refractivity contribution >= 4 is 17.5 Å². The molecule has 0 radical (unpaired) electrons. The molecule has 2 aliphatic rings. The van der Waals surface area contributed by atoms with Gasteiger partial charge in [0.1, 0.15) is 11.4 Å². The van der Waals surface area contributed by atoms with Gasteiger partial charge in [0.2, 0.25) is 11.7 Å². The van der Waals surface area contributed by atoms with Crippen LogP contribution in [0.15, 0.2) is 24.3 Å². The first kappa shape index (κ1) is 14.1. The molecule has 23 heavy (non-hydrogen) atoms. The summed E-state index contributed by atoms with van der Waals surface area (Å²) < 4.78 is 0. The average molecular weight is 310 g/mol. The van der Waals surface area contributed by atoms with E-state index >= 15 is 0 Å². The van der Waals surface area contributed by atoms with Gasteiger partial charge in [-0.3, -0.25) is 9.59 Å². The predicted octanol–water partition coefficient (Wildman–Crippen LogP) is 1.60. The normalized spacial score (nSPS) is 18.6. The topological polar surface area (TPSA) is 69.3 Å². The quantitative estimate of drug-likeness (QED) is 0.810. The zero-order valence-electron chi connectivity index (χ0n) is 13.0. The number of H-pyrrole nitrogens is 1. The van der Waals surface area contributed by atoms with Crippen LogP contribution in [0.1, 0.15) is 27.3 Å². The number of imidazole rings is 1. The summed E-state index contributed by atoms with van der Waals surface area (Å²) in [5.41, 5.74) is 2.10. The second kappa shape index (κ2) is 5.31. The molecule has 2 heterocycles. The Bertz CT molecular complexity index is 796. The second-order valence-electron chi connectivity index (χ2n) is 6.13. The lowest BCUT2D eigenvalue weighted by molar-refractivity contribution is 0.0812. The van der Waals surface area contributed by atoms with Crippen molar-refractivity contribution in [2.24, 2.45) is 0 Å². The van der Waals surface area contributed by atoms with Crippen LogP contribution in [0.2, 0.25) is 0 Å². The summed E-state index contributed by atoms with van der Waals surface area (Å²) in [6, 6.07) is 7.17. The molecule has 0 unspecified atom stereocenters. The van der Waals surface area contributed by atoms with E-state index in [2.05, 4.69) is 26.8 Å². The van der Waals surface area contributed by atoms with Gasteiger partial charge in [0.25, 0.3) is 5.78 Å². The number of benzene rings is 1. The average Bonchev–Trinajstić information content (AvgIpc) is 2.90. The van der Waals surface area contributed by atoms with E-state index in [0.29, 0.717) is 22.9 Å². The number of carbonyl (C=O) groups excluding carboxylic acids is 2. The van der Waals surface area contributed by atoms with Crippen LogP contribution in [0, 0.1) is 0 Å². The van der Waals surface area contributed by atoms with Crippen LogP contribution in [0.25, 0.3) is 11.3 Å². The Morgan fingerprint density at radius 1 is 1.00 bits per heavy atom. The standard InChI is InChI=1S/C17H18N4O2/c1-20-7-4-8-21(10-9-20)17-18-13-11-5-2-3-6-12(11)15(22)16(23)14(13)19-17/h2-3,5-6H,4,7-10H2,1H3,(H,18,19). The summed E-state index contributed by atoms with van der Waals surface area (Å²) in [4.78, 5) is 36.8. The lowest BCUT2D eigenvalue weighted by atomic mass is 9.90. The molecule has 2 aromatic rings. The highest BCUT2D eigenvalue weighted by Crippen LogP contribution is 2.33. The van der Waals surface area contributed by atoms with E-state index in [1.54, 1.807) is 12.1 Å². The zero-order chi connectivity index (χ0) is 16.0. The number of aromatic nitrogens is 2. The van der Waals surface area contributed by atoms with Crippen molar-refractivity contribution in [3.8, 4) is 11.3 Å². The summed E-state index contributed by atoms with van der Waals surface area (Å²) in [5, 5.41) is 0. The van der Waals surface area contributed by atoms with Gasteiger partial charge in [0.15, 0.2) is 0 Å². The number of aromatic amines is 1. The number of nitrogens with one attached hydrogen (secondary N) is 1. The summed E-state index contributed by atoms with van der Waals surface area (Å²) >= 11 is 0. The van der Waals surface area contributed by atoms with E-state index in [1.165, 1.54) is 0 Å². The first-order valence-corrected chi connectivity index (χ1v) is 7.87. The fourth-order valence-corrected chi connectivity index (χ4v) is 3.25. The van der Waals surface area contributed by atoms with E-state index in [-0.39, 0.29) is 0 Å². The maximum atomic E-state index is 12.3. The van der Waals surface area contributed by atoms with Gasteiger partial charge in [-0.05, 0) is 20.0 Å². The minimum atomic E-state index is -0.496. The number of rotatable bonds is 1. The Hall–Kier alpha value is -2.47. The van der Waals surface area contributed by atoms with Gasteiger partial charge in [-0.25, -0.2) is 4.98 Å². The van der Waals surface area contributed by atoms with Crippen LogP contribution in [0.5, 0.6) is 0 Å². The van der Waals surface area contributed by atoms with E-state index in [4.69, 9.17) is 0 Å². The number of nitrogens with zero attached hydrogens (tertiary/aromatic N) is 3. The molecule has 4 rings (SSSR count). The summed E-state index contributed by atoms with van der Waals surface area (Å²) in [6.07, 6.45) is 1.05. The SMILES string of the molecule is CN1CCCN(c2nc3c([nH]2)C(=O)C(=O)c2ccccc2-3)CC1. The molecule has 1 fully saturated rings. The molecule has 118 valence electrons. The van der Waals surface area contributed by atoms with Crippen molar-refractivity contribution < 1.29 is 9.59 Å². The highest BCUT2D eigenvalue weighted by molar-refractivity contribution is 6.52. The number of Topliss-reactive ketones (excluding diaryl/α,β-unsaturated/α-hetero) is 2. The molecule has 1 aromatic heterocycles. The second-order valence-corrected chi connectivity index (χ2v) is 6.13. The van der Waals surface area contributed by atoms with E-state index in [0.717, 1.165) is 38.2 Å². The van der Waals surface area contributed by atoms with Crippen LogP contribution < -0.4 is 4.90 Å². The molecule has 0 saturated carbocycles. The van der Waals surface area contributed by atoms with E-state index in [1.807, 2.05) is 12.1 Å². The Morgan fingerprint density at radius 3 is 2.61 bits per heavy atom. The molecule has 0 bridgehead atoms. The van der Waals surface area contributed by atoms with Crippen molar-refractivity contribution in [2.45, 2.75) is 6.42 Å². The number of likely N-dealkylation sites (N-methyl/N-ethyl adjacent to an activating group) is 1. The lowest BCUT2D eigenvalue weighted by Gasteiger charge is -2.19. The number of ketones is 2. The number of fused-ring (bicyclic) bond motifs is 3. The number of hydrogen-bond donors (Lipinski definition) is 1. The molecule has 0 atom stereocenters. The summed E-state index contributed by atoms with van der Waals surface area (Å²) in [6.45, 7) is 3.75. The third-order valence-electron chi connectivity index (χ3n) is 4.57. The maximum Gasteiger partial charge on any atom is 0.252 e. The summed E-state index contributed by atoms with van der Waals surface area (Å²) in [7, 11) is 2.11. The Labute approximate surface area is 134 Å². The van der Waals surface area contributed by atoms with Crippen LogP contribution >= 0.6 is 0 Å². The van der Waals surface area contributed by atoms with Gasteiger partial charge in [0.05, 0.1) is 0 Å². The maximum absolute atomic E-state index is 12.3. The van der Waals surface area contributed by atoms with Gasteiger partial charge >= 0.3 is 0 Å². The molecule has 6 heteroatoms. The van der Waals surface area contributed by atoms with E-state index < -0.39 is 11.6 Å². The molecule has 0 spiro atoms. The third-order valence-corrected chi connectivity index (χ3v) is 4.57. The Balaban J connectivity index is 1.77. The monoisotopic (exact) mass is 310 g/mol. The van der Waals surface area contributed by atoms with Gasteiger partial charge in [-0.15, -0.1) is 0 Å². The fraction of sp³-hybridized carbons (Fsp3) is 0.353. The molecule has 0 amide bonds. The first-order chi connectivity index (χ1) is 11.1. The molecule has 6 nitrogen and oxygen atoms in total. The van der Waals surface area contributed by atoms with E-state index in [9.17, 15) is 9.59 Å². The largest absolute Gasteiger partial charge is 0.341 e. The zero-order valence-corrected chi connectivity index (χ0v) is 13.0. The lowest BCUT2D eigenvalue weighted by Crippen LogP contribution is -2.29. The highest BCUT2D eigenvalue weighted by atomic mass is 16.2. The molecule has 1 aromatic carbocycles. The fourth-order valence-electron chi connectivity index (χ4n) is 3.25. The number of carbonyl (C=O) groups is 2. The Morgan fingerprint density at radius 2 is 1.78 bits per heavy atom. The van der Waals surface area contributed by atoms with Crippen LogP contribution in [0.4, 0.5) is 5.95 Å². The van der Waals surface area contributed by atoms with Gasteiger partial charge in [0, 0.05) is 30.8 Å². The smallest absolute Gasteiger partial charge is 0.252 e. The van der Waals surface area contributed by atoms with Gasteiger partial charge < -0.3 is 14.8 Å². The van der Waals surface area contributed by atoms with Crippen LogP contribution in [-0.2, 0) is 0 Å². The molecular formula is C17H18N4O2. The van der Waals surface area contributed by atoms with Crippen LogP contribution in [0.3, 0.4) is 0 Å². The minimum absolute atomic E-state index is 0.321. The van der Waals surface area contributed by atoms with Gasteiger partial charge in [-0.1, -0.05) is 24.3 Å². The molecule has 1 aliphatic carbocycles. The highest BCUT2D eigenvalue weighted by Gasteiger charge is 2.34. The minimum Gasteiger partial charge on any atom is -0.341 e. The summed E-state index contributed by atoms with van der Waals surface area (Å²) in [5.74, 6) is -0.272. The van der Waals surface area contributed by atoms with Crippen molar-refractivity contribution in [3.63, 3.8) is 0 Å². The predicted molar refractivity (Wildman–Crippen MR) is 87.0 cm³/mol. The third kappa shape index (κ3) is 2.26. The van der Waals surface area contributed by atoms with Crippen molar-refractivity contribution in [3.05, 3.63) is 35.5 Å². The molecule has 1 aliphatic heterocycles. The number of hydrogen-bond acceptors (Lipinski definition) is 5. The Kier molecular flexibility index (Phi) is 3.27. The van der Waals surface area contributed by atoms with Crippen molar-refractivity contribution in [1.82, 2.24) is 14.9 Å². The van der Waals surface area contributed by atoms with Crippen molar-refractivity contribution in [2.75, 3.05) is 38.1 Å². The van der Waals surface area contributed by atoms with Gasteiger partial charge in [-0.2, -0.15) is 0 Å². The first-order valence-electron chi connectivity index (χ1n) is 7.87. The molecule has 1 N–H and O–H groups in total. The van der Waals surface area contributed by atoms with Crippen LogP contribution in [-0.4, -0.2) is 59.7 Å². The molecule has 1 saturated heterocycles. The van der Waals surface area contributed by atoms with Crippen molar-refractivity contribution in [1.29, 1.82) is 0 Å². The number of anilines is 1.